The predicted octanol–water partition coefficient (Wildman–Crippen LogP) is 7.06. The zero-order valence-corrected chi connectivity index (χ0v) is 22.1. The largest absolute Gasteiger partial charge is 0.462 e. The van der Waals surface area contributed by atoms with Crippen molar-refractivity contribution in [3.05, 3.63) is 71.4 Å². The molecule has 5 nitrogen and oxygen atoms in total. The molecule has 35 heavy (non-hydrogen) atoms. The zero-order valence-electron chi connectivity index (χ0n) is 21.4. The molecule has 0 amide bonds. The Morgan fingerprint density at radius 1 is 0.943 bits per heavy atom. The van der Waals surface area contributed by atoms with Gasteiger partial charge in [-0.3, -0.25) is 0 Å². The van der Waals surface area contributed by atoms with Crippen LogP contribution < -0.4 is 0 Å². The van der Waals surface area contributed by atoms with E-state index < -0.39 is 0 Å². The molecular formula is C29H39ClN3O2+. The summed E-state index contributed by atoms with van der Waals surface area (Å²) >= 11 is 6.11. The van der Waals surface area contributed by atoms with Crippen molar-refractivity contribution >= 4 is 17.6 Å². The fourth-order valence-electron chi connectivity index (χ4n) is 4.25. The lowest BCUT2D eigenvalue weighted by molar-refractivity contribution is -0.896. The van der Waals surface area contributed by atoms with E-state index in [4.69, 9.17) is 21.4 Å². The fraction of sp³-hybridized carbons (Fsp3) is 0.448. The van der Waals surface area contributed by atoms with Crippen LogP contribution in [0, 0.1) is 0 Å². The first-order valence-corrected chi connectivity index (χ1v) is 13.1. The molecule has 0 unspecified atom stereocenters. The summed E-state index contributed by atoms with van der Waals surface area (Å²) < 4.78 is 7.94. The molecule has 0 fully saturated rings. The number of aromatic nitrogens is 2. The topological polar surface area (TPSA) is 44.1 Å². The Hall–Kier alpha value is -2.63. The van der Waals surface area contributed by atoms with Gasteiger partial charge in [0.05, 0.1) is 32.0 Å². The number of ether oxygens (including phenoxy) is 1. The molecule has 6 heteroatoms. The second-order valence-corrected chi connectivity index (χ2v) is 10.3. The van der Waals surface area contributed by atoms with E-state index >= 15 is 0 Å². The molecular weight excluding hydrogens is 458 g/mol. The van der Waals surface area contributed by atoms with E-state index in [0.29, 0.717) is 29.2 Å². The van der Waals surface area contributed by atoms with Gasteiger partial charge in [-0.15, -0.1) is 0 Å². The lowest BCUT2D eigenvalue weighted by Gasteiger charge is -2.28. The molecule has 188 valence electrons. The monoisotopic (exact) mass is 496 g/mol. The van der Waals surface area contributed by atoms with Gasteiger partial charge >= 0.3 is 5.97 Å². The number of halogens is 1. The van der Waals surface area contributed by atoms with Gasteiger partial charge in [0, 0.05) is 16.8 Å². The molecule has 0 aliphatic heterocycles. The Morgan fingerprint density at radius 3 is 2.29 bits per heavy atom. The highest BCUT2D eigenvalue weighted by Crippen LogP contribution is 2.27. The molecule has 0 saturated heterocycles. The van der Waals surface area contributed by atoms with Crippen molar-refractivity contribution in [1.29, 1.82) is 0 Å². The Kier molecular flexibility index (Phi) is 10.4. The molecule has 0 atom stereocenters. The summed E-state index contributed by atoms with van der Waals surface area (Å²) in [5.74, 6) is -0.149. The van der Waals surface area contributed by atoms with Crippen LogP contribution in [0.25, 0.3) is 16.9 Å². The van der Waals surface area contributed by atoms with Crippen molar-refractivity contribution in [1.82, 2.24) is 9.78 Å². The third kappa shape index (κ3) is 8.83. The first-order valence-electron chi connectivity index (χ1n) is 12.8. The molecule has 1 heterocycles. The van der Waals surface area contributed by atoms with E-state index in [2.05, 4.69) is 27.2 Å². The first kappa shape index (κ1) is 27.0. The second-order valence-electron chi connectivity index (χ2n) is 9.88. The van der Waals surface area contributed by atoms with E-state index in [1.54, 1.807) is 0 Å². The van der Waals surface area contributed by atoms with Gasteiger partial charge in [-0.05, 0) is 30.7 Å². The molecule has 0 aliphatic rings. The summed E-state index contributed by atoms with van der Waals surface area (Å²) in [4.78, 5) is 12.6. The lowest BCUT2D eigenvalue weighted by Crippen LogP contribution is -2.43. The van der Waals surface area contributed by atoms with Crippen molar-refractivity contribution in [3.63, 3.8) is 0 Å². The van der Waals surface area contributed by atoms with E-state index in [1.807, 2.05) is 59.3 Å². The second kappa shape index (κ2) is 13.5. The maximum Gasteiger partial charge on any atom is 0.361 e. The van der Waals surface area contributed by atoms with Gasteiger partial charge in [0.15, 0.2) is 6.54 Å². The number of hydrogen-bond acceptors (Lipinski definition) is 3. The molecule has 0 radical (unpaired) electrons. The first-order chi connectivity index (χ1) is 16.9. The molecule has 0 N–H and O–H groups in total. The minimum atomic E-state index is -0.149. The van der Waals surface area contributed by atoms with Crippen LogP contribution in [-0.4, -0.2) is 47.5 Å². The molecule has 0 aliphatic carbocycles. The van der Waals surface area contributed by atoms with Crippen molar-refractivity contribution in [2.75, 3.05) is 27.2 Å². The summed E-state index contributed by atoms with van der Waals surface area (Å²) in [6, 6.07) is 17.8. The van der Waals surface area contributed by atoms with E-state index in [1.165, 1.54) is 32.1 Å². The standard InChI is InChI=1S/C29H39ClN3O2/c1-4-5-6-7-8-9-13-20-35-28(34)23-33(2,3)22-25-21-32(27-14-11-10-12-15-27)31-29(25)24-16-18-26(30)19-17-24/h10-12,14-19,21H,4-9,13,20,22-23H2,1-3H3/q+1. The van der Waals surface area contributed by atoms with E-state index in [-0.39, 0.29) is 5.97 Å². The van der Waals surface area contributed by atoms with Gasteiger partial charge in [-0.25, -0.2) is 9.48 Å². The lowest BCUT2D eigenvalue weighted by atomic mass is 10.1. The van der Waals surface area contributed by atoms with Gasteiger partial charge in [0.2, 0.25) is 0 Å². The quantitative estimate of drug-likeness (QED) is 0.136. The molecule has 1 aromatic heterocycles. The number of rotatable bonds is 14. The van der Waals surface area contributed by atoms with Crippen molar-refractivity contribution < 1.29 is 14.0 Å². The Bertz CT molecular complexity index is 1050. The molecule has 0 saturated carbocycles. The van der Waals surface area contributed by atoms with Crippen LogP contribution in [0.4, 0.5) is 0 Å². The van der Waals surface area contributed by atoms with Gasteiger partial charge in [-0.2, -0.15) is 5.10 Å². The average Bonchev–Trinajstić information content (AvgIpc) is 3.24. The highest BCUT2D eigenvalue weighted by Gasteiger charge is 2.25. The van der Waals surface area contributed by atoms with Crippen LogP contribution in [0.3, 0.4) is 0 Å². The number of unbranched alkanes of at least 4 members (excludes halogenated alkanes) is 6. The van der Waals surface area contributed by atoms with E-state index in [0.717, 1.165) is 35.3 Å². The summed E-state index contributed by atoms with van der Waals surface area (Å²) in [5, 5.41) is 5.58. The number of nitrogens with zero attached hydrogens (tertiary/aromatic N) is 3. The zero-order chi connectivity index (χ0) is 25.1. The summed E-state index contributed by atoms with van der Waals surface area (Å²) in [5.41, 5.74) is 3.96. The van der Waals surface area contributed by atoms with Crippen LogP contribution in [0.1, 0.15) is 57.4 Å². The van der Waals surface area contributed by atoms with Gasteiger partial charge in [0.25, 0.3) is 0 Å². The predicted molar refractivity (Wildman–Crippen MR) is 144 cm³/mol. The summed E-state index contributed by atoms with van der Waals surface area (Å²) in [7, 11) is 4.11. The molecule has 0 bridgehead atoms. The van der Waals surface area contributed by atoms with Gasteiger partial charge in [0.1, 0.15) is 12.2 Å². The van der Waals surface area contributed by atoms with Crippen LogP contribution in [0.5, 0.6) is 0 Å². The van der Waals surface area contributed by atoms with Gasteiger partial charge in [-0.1, -0.05) is 87.4 Å². The highest BCUT2D eigenvalue weighted by molar-refractivity contribution is 6.30. The molecule has 2 aromatic carbocycles. The SMILES string of the molecule is CCCCCCCCCOC(=O)C[N+](C)(C)Cc1cn(-c2ccccc2)nc1-c1ccc(Cl)cc1. The Balaban J connectivity index is 1.62. The number of benzene rings is 2. The maximum absolute atomic E-state index is 12.6. The number of hydrogen-bond donors (Lipinski definition) is 0. The maximum atomic E-state index is 12.6. The van der Waals surface area contributed by atoms with Crippen molar-refractivity contribution in [2.45, 2.75) is 58.4 Å². The smallest absolute Gasteiger partial charge is 0.361 e. The highest BCUT2D eigenvalue weighted by atomic mass is 35.5. The van der Waals surface area contributed by atoms with Gasteiger partial charge < -0.3 is 9.22 Å². The third-order valence-corrected chi connectivity index (χ3v) is 6.35. The van der Waals surface area contributed by atoms with Crippen LogP contribution in [-0.2, 0) is 16.1 Å². The minimum Gasteiger partial charge on any atom is -0.462 e. The normalized spacial score (nSPS) is 11.5. The number of esters is 1. The number of carbonyl (C=O) groups excluding carboxylic acids is 1. The Morgan fingerprint density at radius 2 is 1.60 bits per heavy atom. The molecule has 0 spiro atoms. The van der Waals surface area contributed by atoms with Crippen LogP contribution >= 0.6 is 11.6 Å². The van der Waals surface area contributed by atoms with Crippen LogP contribution in [0.2, 0.25) is 5.02 Å². The number of likely N-dealkylation sites (N-methyl/N-ethyl adjacent to an activating group) is 1. The fourth-order valence-corrected chi connectivity index (χ4v) is 4.37. The Labute approximate surface area is 215 Å². The third-order valence-electron chi connectivity index (χ3n) is 6.09. The van der Waals surface area contributed by atoms with Crippen molar-refractivity contribution in [2.24, 2.45) is 0 Å². The molecule has 3 aromatic rings. The number of carbonyl (C=O) groups is 1. The van der Waals surface area contributed by atoms with Crippen molar-refractivity contribution in [3.8, 4) is 16.9 Å². The summed E-state index contributed by atoms with van der Waals surface area (Å²) in [6.07, 6.45) is 10.5. The average molecular weight is 497 g/mol. The van der Waals surface area contributed by atoms with Crippen LogP contribution in [0.15, 0.2) is 60.8 Å². The number of quaternary nitrogens is 1. The molecule has 3 rings (SSSR count). The summed E-state index contributed by atoms with van der Waals surface area (Å²) in [6.45, 7) is 3.70. The minimum absolute atomic E-state index is 0.149. The van der Waals surface area contributed by atoms with E-state index in [9.17, 15) is 4.79 Å². The number of para-hydroxylation sites is 1.